The van der Waals surface area contributed by atoms with Gasteiger partial charge in [0.1, 0.15) is 11.6 Å². The van der Waals surface area contributed by atoms with Gasteiger partial charge >= 0.3 is 0 Å². The van der Waals surface area contributed by atoms with Crippen molar-refractivity contribution in [1.82, 2.24) is 14.7 Å². The molecular formula is C21H22N4O3S. The Hall–Kier alpha value is -3.31. The van der Waals surface area contributed by atoms with Crippen molar-refractivity contribution in [3.63, 3.8) is 0 Å². The van der Waals surface area contributed by atoms with Crippen molar-refractivity contribution in [2.24, 2.45) is 0 Å². The number of carbonyl (C=O) groups excluding carboxylic acids is 1. The van der Waals surface area contributed by atoms with Crippen LogP contribution in [0.5, 0.6) is 11.5 Å². The Morgan fingerprint density at radius 2 is 2.07 bits per heavy atom. The monoisotopic (exact) mass is 410 g/mol. The molecule has 0 unspecified atom stereocenters. The predicted molar refractivity (Wildman–Crippen MR) is 112 cm³/mol. The Morgan fingerprint density at radius 1 is 1.31 bits per heavy atom. The molecule has 0 bridgehead atoms. The van der Waals surface area contributed by atoms with Crippen LogP contribution >= 0.6 is 11.3 Å². The van der Waals surface area contributed by atoms with Gasteiger partial charge in [0.25, 0.3) is 5.91 Å². The Bertz CT molecular complexity index is 1120. The molecule has 1 N–H and O–H groups in total. The fourth-order valence-corrected chi connectivity index (χ4v) is 3.87. The third-order valence-electron chi connectivity index (χ3n) is 4.46. The molecule has 2 heterocycles. The van der Waals surface area contributed by atoms with Gasteiger partial charge in [0, 0.05) is 17.6 Å². The van der Waals surface area contributed by atoms with Crippen LogP contribution in [0.25, 0.3) is 11.0 Å². The molecule has 8 heteroatoms. The van der Waals surface area contributed by atoms with E-state index in [-0.39, 0.29) is 5.57 Å². The number of methoxy groups -OCH3 is 2. The fourth-order valence-electron chi connectivity index (χ4n) is 2.99. The molecule has 29 heavy (non-hydrogen) atoms. The summed E-state index contributed by atoms with van der Waals surface area (Å²) in [6.07, 6.45) is 4.15. The summed E-state index contributed by atoms with van der Waals surface area (Å²) in [5.41, 5.74) is 2.57. The Labute approximate surface area is 173 Å². The van der Waals surface area contributed by atoms with Crippen molar-refractivity contribution in [2.75, 3.05) is 20.8 Å². The minimum Gasteiger partial charge on any atom is -0.493 e. The van der Waals surface area contributed by atoms with Crippen molar-refractivity contribution >= 4 is 28.3 Å². The van der Waals surface area contributed by atoms with E-state index in [1.807, 2.05) is 48.7 Å². The molecule has 0 aliphatic carbocycles. The van der Waals surface area contributed by atoms with E-state index in [1.54, 1.807) is 31.6 Å². The molecular weight excluding hydrogens is 388 g/mol. The summed E-state index contributed by atoms with van der Waals surface area (Å²) >= 11 is 1.57. The second-order valence-electron chi connectivity index (χ2n) is 6.44. The zero-order valence-electron chi connectivity index (χ0n) is 16.8. The quantitative estimate of drug-likeness (QED) is 0.477. The summed E-state index contributed by atoms with van der Waals surface area (Å²) < 4.78 is 12.4. The van der Waals surface area contributed by atoms with Crippen molar-refractivity contribution in [3.8, 4) is 17.6 Å². The summed E-state index contributed by atoms with van der Waals surface area (Å²) in [5, 5.41) is 12.3. The van der Waals surface area contributed by atoms with E-state index < -0.39 is 5.91 Å². The molecule has 7 nitrogen and oxygen atoms in total. The summed E-state index contributed by atoms with van der Waals surface area (Å²) in [5.74, 6) is 0.885. The number of benzene rings is 1. The van der Waals surface area contributed by atoms with E-state index in [2.05, 4.69) is 10.3 Å². The van der Waals surface area contributed by atoms with Crippen LogP contribution in [0.2, 0.25) is 0 Å². The summed E-state index contributed by atoms with van der Waals surface area (Å²) in [4.78, 5) is 18.9. The molecule has 2 aromatic heterocycles. The highest BCUT2D eigenvalue weighted by Gasteiger charge is 2.14. The molecule has 3 rings (SSSR count). The number of amides is 1. The normalized spacial score (nSPS) is 11.3. The number of aromatic nitrogens is 2. The predicted octanol–water partition coefficient (Wildman–Crippen LogP) is 3.30. The van der Waals surface area contributed by atoms with Crippen LogP contribution in [0.15, 0.2) is 30.0 Å². The summed E-state index contributed by atoms with van der Waals surface area (Å²) in [6, 6.07) is 7.61. The average Bonchev–Trinajstić information content (AvgIpc) is 3.20. The highest BCUT2D eigenvalue weighted by Crippen LogP contribution is 2.27. The number of fused-ring (bicyclic) bond motifs is 1. The van der Waals surface area contributed by atoms with E-state index in [4.69, 9.17) is 9.47 Å². The first-order chi connectivity index (χ1) is 14.0. The third-order valence-corrected chi connectivity index (χ3v) is 5.35. The maximum atomic E-state index is 12.5. The molecule has 1 aromatic carbocycles. The maximum Gasteiger partial charge on any atom is 0.262 e. The Morgan fingerprint density at radius 3 is 2.76 bits per heavy atom. The standard InChI is InChI=1S/C21H22N4O3S/c1-13-12-25-17(14(2)24-21(25)29-13)10-16(11-22)20(26)23-8-7-15-5-6-18(27-3)19(9-15)28-4/h5-6,9-10,12H,7-8H2,1-4H3,(H,23,26)/b16-10+. The molecule has 0 aliphatic rings. The van der Waals surface area contributed by atoms with Gasteiger partial charge in [-0.1, -0.05) is 6.07 Å². The van der Waals surface area contributed by atoms with Crippen LogP contribution in [-0.2, 0) is 11.2 Å². The topological polar surface area (TPSA) is 88.6 Å². The second-order valence-corrected chi connectivity index (χ2v) is 7.66. The number of hydrogen-bond donors (Lipinski definition) is 1. The number of nitriles is 1. The van der Waals surface area contributed by atoms with Gasteiger partial charge < -0.3 is 14.8 Å². The van der Waals surface area contributed by atoms with Crippen LogP contribution in [0.3, 0.4) is 0 Å². The van der Waals surface area contributed by atoms with Gasteiger partial charge in [0.05, 0.1) is 25.6 Å². The Kier molecular flexibility index (Phi) is 6.20. The van der Waals surface area contributed by atoms with E-state index in [1.165, 1.54) is 0 Å². The van der Waals surface area contributed by atoms with E-state index >= 15 is 0 Å². The van der Waals surface area contributed by atoms with Gasteiger partial charge in [-0.15, -0.1) is 11.3 Å². The number of thiazole rings is 1. The van der Waals surface area contributed by atoms with Gasteiger partial charge in [-0.25, -0.2) is 4.98 Å². The minimum atomic E-state index is -0.408. The van der Waals surface area contributed by atoms with Gasteiger partial charge in [-0.2, -0.15) is 5.26 Å². The average molecular weight is 410 g/mol. The van der Waals surface area contributed by atoms with Crippen LogP contribution in [-0.4, -0.2) is 36.1 Å². The number of rotatable bonds is 7. The molecule has 150 valence electrons. The van der Waals surface area contributed by atoms with E-state index in [0.717, 1.165) is 26.8 Å². The lowest BCUT2D eigenvalue weighted by Crippen LogP contribution is -2.26. The van der Waals surface area contributed by atoms with Crippen LogP contribution in [0.1, 0.15) is 21.8 Å². The van der Waals surface area contributed by atoms with Crippen molar-refractivity contribution in [1.29, 1.82) is 5.26 Å². The lowest BCUT2D eigenvalue weighted by Gasteiger charge is -2.10. The number of carbonyl (C=O) groups is 1. The van der Waals surface area contributed by atoms with Gasteiger partial charge in [-0.05, 0) is 44.0 Å². The van der Waals surface area contributed by atoms with Crippen LogP contribution < -0.4 is 14.8 Å². The number of nitrogens with zero attached hydrogens (tertiary/aromatic N) is 3. The minimum absolute atomic E-state index is 0.0473. The first kappa shape index (κ1) is 20.4. The van der Waals surface area contributed by atoms with Crippen molar-refractivity contribution < 1.29 is 14.3 Å². The molecule has 0 saturated heterocycles. The third kappa shape index (κ3) is 4.41. The van der Waals surface area contributed by atoms with Crippen LogP contribution in [0.4, 0.5) is 0 Å². The number of aryl methyl sites for hydroxylation is 2. The highest BCUT2D eigenvalue weighted by atomic mass is 32.1. The van der Waals surface area contributed by atoms with Crippen LogP contribution in [0, 0.1) is 25.2 Å². The summed E-state index contributed by atoms with van der Waals surface area (Å²) in [6.45, 7) is 4.25. The molecule has 0 spiro atoms. The lowest BCUT2D eigenvalue weighted by atomic mass is 10.1. The largest absolute Gasteiger partial charge is 0.493 e. The molecule has 0 atom stereocenters. The molecule has 1 amide bonds. The molecule has 0 aliphatic heterocycles. The highest BCUT2D eigenvalue weighted by molar-refractivity contribution is 7.17. The second kappa shape index (κ2) is 8.80. The smallest absolute Gasteiger partial charge is 0.262 e. The van der Waals surface area contributed by atoms with Gasteiger partial charge in [0.15, 0.2) is 16.5 Å². The molecule has 3 aromatic rings. The van der Waals surface area contributed by atoms with Crippen molar-refractivity contribution in [3.05, 3.63) is 51.8 Å². The number of nitrogens with one attached hydrogen (secondary N) is 1. The van der Waals surface area contributed by atoms with E-state index in [9.17, 15) is 10.1 Å². The zero-order chi connectivity index (χ0) is 21.0. The van der Waals surface area contributed by atoms with Crippen molar-refractivity contribution in [2.45, 2.75) is 20.3 Å². The first-order valence-corrected chi connectivity index (χ1v) is 9.84. The number of imidazole rings is 1. The molecule has 0 fully saturated rings. The number of hydrogen-bond acceptors (Lipinski definition) is 6. The zero-order valence-corrected chi connectivity index (χ0v) is 17.6. The van der Waals surface area contributed by atoms with Gasteiger partial charge in [0.2, 0.25) is 0 Å². The first-order valence-electron chi connectivity index (χ1n) is 9.02. The molecule has 0 radical (unpaired) electrons. The lowest BCUT2D eigenvalue weighted by molar-refractivity contribution is -0.117. The molecule has 0 saturated carbocycles. The van der Waals surface area contributed by atoms with Gasteiger partial charge in [-0.3, -0.25) is 9.20 Å². The number of ether oxygens (including phenoxy) is 2. The van der Waals surface area contributed by atoms with E-state index in [0.29, 0.717) is 24.5 Å². The summed E-state index contributed by atoms with van der Waals surface area (Å²) in [7, 11) is 3.17. The maximum absolute atomic E-state index is 12.5. The Balaban J connectivity index is 1.70. The SMILES string of the molecule is COc1ccc(CCNC(=O)/C(C#N)=C/c2c(C)nc3sc(C)cn23)cc1OC. The fraction of sp³-hybridized carbons (Fsp3) is 0.286.